The summed E-state index contributed by atoms with van der Waals surface area (Å²) in [5.74, 6) is 1.29. The lowest BCUT2D eigenvalue weighted by atomic mass is 9.92. The molecule has 2 aliphatic heterocycles. The van der Waals surface area contributed by atoms with Gasteiger partial charge in [0.15, 0.2) is 16.6 Å². The fourth-order valence-corrected chi connectivity index (χ4v) is 5.22. The summed E-state index contributed by atoms with van der Waals surface area (Å²) < 4.78 is 51.9. The number of para-hydroxylation sites is 2. The van der Waals surface area contributed by atoms with Crippen molar-refractivity contribution in [3.63, 3.8) is 0 Å². The van der Waals surface area contributed by atoms with E-state index in [4.69, 9.17) is 21.7 Å². The van der Waals surface area contributed by atoms with Gasteiger partial charge >= 0.3 is 6.18 Å². The highest BCUT2D eigenvalue weighted by Crippen LogP contribution is 2.42. The number of aromatic nitrogens is 1. The number of thiocarbonyl (C=S) groups is 1. The Bertz CT molecular complexity index is 1450. The zero-order valence-electron chi connectivity index (χ0n) is 18.4. The molecule has 4 aromatic rings. The van der Waals surface area contributed by atoms with E-state index in [0.29, 0.717) is 24.5 Å². The summed E-state index contributed by atoms with van der Waals surface area (Å²) >= 11 is 5.70. The maximum atomic E-state index is 13.6. The number of hydrogen-bond acceptors (Lipinski definition) is 3. The minimum Gasteiger partial charge on any atom is -0.454 e. The van der Waals surface area contributed by atoms with E-state index in [9.17, 15) is 13.2 Å². The van der Waals surface area contributed by atoms with E-state index in [2.05, 4.69) is 16.4 Å². The fraction of sp³-hybridized carbons (Fsp3) is 0.192. The summed E-state index contributed by atoms with van der Waals surface area (Å²) in [6.45, 7) is 0.687. The van der Waals surface area contributed by atoms with Gasteiger partial charge in [0.25, 0.3) is 0 Å². The Hall–Kier alpha value is -3.72. The molecule has 3 aromatic carbocycles. The average Bonchev–Trinajstić information content (AvgIpc) is 3.47. The van der Waals surface area contributed by atoms with Gasteiger partial charge in [-0.15, -0.1) is 0 Å². The second-order valence-electron chi connectivity index (χ2n) is 8.49. The van der Waals surface area contributed by atoms with E-state index in [1.807, 2.05) is 41.3 Å². The molecular weight excluding hydrogens is 475 g/mol. The molecule has 3 heterocycles. The minimum absolute atomic E-state index is 0.0723. The van der Waals surface area contributed by atoms with Crippen molar-refractivity contribution in [3.05, 3.63) is 89.1 Å². The SMILES string of the molecule is FC(F)(F)c1ccccc1NC(=S)N1CCc2c([nH]c3ccccc23)[C@H]1c1ccc2c(c1)OCO2. The van der Waals surface area contributed by atoms with Crippen molar-refractivity contribution < 1.29 is 22.6 Å². The second kappa shape index (κ2) is 8.20. The van der Waals surface area contributed by atoms with Gasteiger partial charge in [0.1, 0.15) is 0 Å². The molecule has 1 atom stereocenters. The molecule has 1 aromatic heterocycles. The molecule has 6 rings (SSSR count). The molecule has 178 valence electrons. The van der Waals surface area contributed by atoms with Gasteiger partial charge < -0.3 is 24.7 Å². The fourth-order valence-electron chi connectivity index (χ4n) is 4.92. The number of fused-ring (bicyclic) bond motifs is 4. The third kappa shape index (κ3) is 3.76. The molecule has 5 nitrogen and oxygen atoms in total. The lowest BCUT2D eigenvalue weighted by molar-refractivity contribution is -0.136. The molecule has 35 heavy (non-hydrogen) atoms. The summed E-state index contributed by atoms with van der Waals surface area (Å²) in [4.78, 5) is 5.46. The molecule has 2 aliphatic rings. The summed E-state index contributed by atoms with van der Waals surface area (Å²) in [6.07, 6.45) is -3.80. The number of aromatic amines is 1. The van der Waals surface area contributed by atoms with Crippen LogP contribution in [0.15, 0.2) is 66.7 Å². The molecule has 0 saturated carbocycles. The van der Waals surface area contributed by atoms with Crippen LogP contribution in [0.2, 0.25) is 0 Å². The van der Waals surface area contributed by atoms with Gasteiger partial charge in [0, 0.05) is 23.1 Å². The lowest BCUT2D eigenvalue weighted by Gasteiger charge is -2.38. The third-order valence-corrected chi connectivity index (χ3v) is 6.82. The van der Waals surface area contributed by atoms with Crippen molar-refractivity contribution in [2.24, 2.45) is 0 Å². The Morgan fingerprint density at radius 3 is 2.63 bits per heavy atom. The van der Waals surface area contributed by atoms with E-state index < -0.39 is 11.7 Å². The molecule has 0 amide bonds. The van der Waals surface area contributed by atoms with Crippen LogP contribution in [0.1, 0.15) is 28.4 Å². The molecule has 0 saturated heterocycles. The maximum absolute atomic E-state index is 13.6. The number of benzene rings is 3. The summed E-state index contributed by atoms with van der Waals surface area (Å²) in [6, 6.07) is 18.8. The van der Waals surface area contributed by atoms with Gasteiger partial charge in [0.05, 0.1) is 17.3 Å². The van der Waals surface area contributed by atoms with Gasteiger partial charge in [0.2, 0.25) is 6.79 Å². The van der Waals surface area contributed by atoms with Crippen LogP contribution >= 0.6 is 12.2 Å². The zero-order valence-corrected chi connectivity index (χ0v) is 19.2. The molecule has 0 fully saturated rings. The zero-order chi connectivity index (χ0) is 24.2. The highest BCUT2D eigenvalue weighted by Gasteiger charge is 2.36. The molecule has 0 radical (unpaired) electrons. The first-order valence-electron chi connectivity index (χ1n) is 11.1. The summed E-state index contributed by atoms with van der Waals surface area (Å²) in [5.41, 5.74) is 3.21. The van der Waals surface area contributed by atoms with Crippen LogP contribution in [0, 0.1) is 0 Å². The Labute approximate surface area is 204 Å². The van der Waals surface area contributed by atoms with Crippen LogP contribution in [0.25, 0.3) is 10.9 Å². The Morgan fingerprint density at radius 2 is 1.77 bits per heavy atom. The van der Waals surface area contributed by atoms with E-state index in [1.54, 1.807) is 6.07 Å². The van der Waals surface area contributed by atoms with Crippen LogP contribution in [0.3, 0.4) is 0 Å². The Balaban J connectivity index is 1.43. The van der Waals surface area contributed by atoms with E-state index in [-0.39, 0.29) is 23.6 Å². The molecule has 2 N–H and O–H groups in total. The Kier molecular flexibility index (Phi) is 5.10. The number of nitrogens with zero attached hydrogens (tertiary/aromatic N) is 1. The lowest BCUT2D eigenvalue weighted by Crippen LogP contribution is -2.43. The van der Waals surface area contributed by atoms with Gasteiger partial charge in [-0.05, 0) is 60.1 Å². The normalized spacial score (nSPS) is 16.9. The monoisotopic (exact) mass is 495 g/mol. The standard InChI is InChI=1S/C26H20F3N3O2S/c27-26(28,29)18-6-2-4-8-20(18)31-25(35)32-12-11-17-16-5-1-3-7-19(16)30-23(17)24(32)15-9-10-21-22(13-15)34-14-33-21/h1-10,13,24,30H,11-12,14H2,(H,31,35)/t24-/m1/s1. The van der Waals surface area contributed by atoms with Crippen molar-refractivity contribution in [2.45, 2.75) is 18.6 Å². The minimum atomic E-state index is -4.50. The van der Waals surface area contributed by atoms with Crippen molar-refractivity contribution >= 4 is 33.9 Å². The Morgan fingerprint density at radius 1 is 1.00 bits per heavy atom. The van der Waals surface area contributed by atoms with E-state index in [0.717, 1.165) is 28.2 Å². The topological polar surface area (TPSA) is 49.5 Å². The van der Waals surface area contributed by atoms with Gasteiger partial charge in [-0.2, -0.15) is 13.2 Å². The van der Waals surface area contributed by atoms with E-state index in [1.165, 1.54) is 17.7 Å². The number of ether oxygens (including phenoxy) is 2. The molecule has 0 spiro atoms. The van der Waals surface area contributed by atoms with Crippen LogP contribution in [0.5, 0.6) is 11.5 Å². The van der Waals surface area contributed by atoms with Crippen LogP contribution in [-0.4, -0.2) is 28.3 Å². The smallest absolute Gasteiger partial charge is 0.418 e. The molecule has 0 bridgehead atoms. The van der Waals surface area contributed by atoms with Gasteiger partial charge in [-0.25, -0.2) is 0 Å². The number of halogens is 3. The van der Waals surface area contributed by atoms with Crippen molar-refractivity contribution in [1.82, 2.24) is 9.88 Å². The highest BCUT2D eigenvalue weighted by atomic mass is 32.1. The molecular formula is C26H20F3N3O2S. The van der Waals surface area contributed by atoms with Crippen molar-refractivity contribution in [3.8, 4) is 11.5 Å². The van der Waals surface area contributed by atoms with Crippen molar-refractivity contribution in [1.29, 1.82) is 0 Å². The number of alkyl halides is 3. The molecule has 9 heteroatoms. The first-order valence-corrected chi connectivity index (χ1v) is 11.5. The van der Waals surface area contributed by atoms with Crippen LogP contribution in [-0.2, 0) is 12.6 Å². The van der Waals surface area contributed by atoms with Crippen molar-refractivity contribution in [2.75, 3.05) is 18.7 Å². The maximum Gasteiger partial charge on any atom is 0.418 e. The summed E-state index contributed by atoms with van der Waals surface area (Å²) in [5, 5.41) is 4.22. The second-order valence-corrected chi connectivity index (χ2v) is 8.88. The predicted octanol–water partition coefficient (Wildman–Crippen LogP) is 6.26. The number of nitrogens with one attached hydrogen (secondary N) is 2. The van der Waals surface area contributed by atoms with Crippen LogP contribution in [0.4, 0.5) is 18.9 Å². The number of hydrogen-bond donors (Lipinski definition) is 2. The first-order chi connectivity index (χ1) is 16.9. The van der Waals surface area contributed by atoms with Crippen LogP contribution < -0.4 is 14.8 Å². The number of anilines is 1. The highest BCUT2D eigenvalue weighted by molar-refractivity contribution is 7.80. The third-order valence-electron chi connectivity index (χ3n) is 6.48. The number of rotatable bonds is 2. The largest absolute Gasteiger partial charge is 0.454 e. The quantitative estimate of drug-likeness (QED) is 0.322. The number of H-pyrrole nitrogens is 1. The molecule has 0 aliphatic carbocycles. The molecule has 0 unspecified atom stereocenters. The first kappa shape index (κ1) is 21.8. The van der Waals surface area contributed by atoms with Gasteiger partial charge in [-0.1, -0.05) is 36.4 Å². The van der Waals surface area contributed by atoms with Gasteiger partial charge in [-0.3, -0.25) is 0 Å². The predicted molar refractivity (Wildman–Crippen MR) is 131 cm³/mol. The van der Waals surface area contributed by atoms with E-state index >= 15 is 0 Å². The summed E-state index contributed by atoms with van der Waals surface area (Å²) in [7, 11) is 0. The average molecular weight is 496 g/mol.